The Bertz CT molecular complexity index is 325. The molecule has 0 aliphatic rings. The Labute approximate surface area is 102 Å². The molecule has 1 rings (SSSR count). The van der Waals surface area contributed by atoms with Gasteiger partial charge in [-0.15, -0.1) is 0 Å². The predicted octanol–water partition coefficient (Wildman–Crippen LogP) is 2.75. The van der Waals surface area contributed by atoms with E-state index in [9.17, 15) is 0 Å². The Kier molecular flexibility index (Phi) is 4.86. The molecule has 0 unspecified atom stereocenters. The number of hydrogen-bond acceptors (Lipinski definition) is 5. The number of aromatic nitrogens is 1. The highest BCUT2D eigenvalue weighted by Crippen LogP contribution is 2.38. The fourth-order valence-electron chi connectivity index (χ4n) is 1.51. The molecule has 1 aromatic rings. The van der Waals surface area contributed by atoms with Gasteiger partial charge in [0.1, 0.15) is 0 Å². The molecule has 0 saturated carbocycles. The third-order valence-corrected chi connectivity index (χ3v) is 3.08. The lowest BCUT2D eigenvalue weighted by molar-refractivity contribution is 0.245. The molecule has 0 fully saturated rings. The van der Waals surface area contributed by atoms with Crippen LogP contribution in [0.25, 0.3) is 0 Å². The zero-order valence-electron chi connectivity index (χ0n) is 10.5. The molecule has 1 aromatic heterocycles. The molecule has 0 aromatic carbocycles. The second kappa shape index (κ2) is 5.94. The van der Waals surface area contributed by atoms with E-state index in [0.717, 1.165) is 30.3 Å². The van der Waals surface area contributed by atoms with Crippen LogP contribution in [0.5, 0.6) is 5.75 Å². The van der Waals surface area contributed by atoms with Gasteiger partial charge in [-0.05, 0) is 38.7 Å². The Morgan fingerprint density at radius 2 is 2.12 bits per heavy atom. The number of nitrogens with two attached hydrogens (primary N) is 1. The van der Waals surface area contributed by atoms with Crippen molar-refractivity contribution in [3.05, 3.63) is 0 Å². The van der Waals surface area contributed by atoms with Gasteiger partial charge in [0.15, 0.2) is 16.6 Å². The van der Waals surface area contributed by atoms with E-state index < -0.39 is 0 Å². The molecule has 16 heavy (non-hydrogen) atoms. The van der Waals surface area contributed by atoms with Gasteiger partial charge in [-0.1, -0.05) is 6.92 Å². The largest absolute Gasteiger partial charge is 0.484 e. The Morgan fingerprint density at radius 3 is 2.62 bits per heavy atom. The molecule has 1 heterocycles. The van der Waals surface area contributed by atoms with Crippen molar-refractivity contribution < 1.29 is 4.74 Å². The van der Waals surface area contributed by atoms with Crippen LogP contribution in [0.15, 0.2) is 0 Å². The van der Waals surface area contributed by atoms with Crippen molar-refractivity contribution in [1.82, 2.24) is 4.37 Å². The molecular weight excluding hydrogens is 222 g/mol. The first-order chi connectivity index (χ1) is 7.60. The second-order valence-electron chi connectivity index (χ2n) is 3.95. The van der Waals surface area contributed by atoms with Gasteiger partial charge < -0.3 is 15.4 Å². The maximum absolute atomic E-state index is 5.83. The summed E-state index contributed by atoms with van der Waals surface area (Å²) < 4.78 is 9.90. The minimum absolute atomic E-state index is 0.123. The molecule has 0 saturated heterocycles. The van der Waals surface area contributed by atoms with Crippen molar-refractivity contribution in [2.45, 2.75) is 40.2 Å². The topological polar surface area (TPSA) is 51.4 Å². The van der Waals surface area contributed by atoms with Crippen LogP contribution >= 0.6 is 11.5 Å². The monoisotopic (exact) mass is 243 g/mol. The maximum Gasteiger partial charge on any atom is 0.198 e. The quantitative estimate of drug-likeness (QED) is 0.834. The molecule has 0 spiro atoms. The van der Waals surface area contributed by atoms with Crippen LogP contribution in [0.2, 0.25) is 0 Å². The Morgan fingerprint density at radius 1 is 1.44 bits per heavy atom. The van der Waals surface area contributed by atoms with Gasteiger partial charge in [0, 0.05) is 13.1 Å². The van der Waals surface area contributed by atoms with E-state index in [2.05, 4.69) is 23.1 Å². The summed E-state index contributed by atoms with van der Waals surface area (Å²) in [6.45, 7) is 10.2. The molecule has 4 nitrogen and oxygen atoms in total. The van der Waals surface area contributed by atoms with Crippen LogP contribution in [0.1, 0.15) is 34.1 Å². The van der Waals surface area contributed by atoms with Gasteiger partial charge in [0.25, 0.3) is 0 Å². The van der Waals surface area contributed by atoms with Crippen LogP contribution in [0.3, 0.4) is 0 Å². The lowest BCUT2D eigenvalue weighted by Crippen LogP contribution is -2.23. The summed E-state index contributed by atoms with van der Waals surface area (Å²) in [4.78, 5) is 2.26. The molecule has 0 radical (unpaired) electrons. The van der Waals surface area contributed by atoms with Gasteiger partial charge >= 0.3 is 0 Å². The zero-order chi connectivity index (χ0) is 12.1. The number of rotatable bonds is 6. The molecule has 92 valence electrons. The highest BCUT2D eigenvalue weighted by atomic mass is 32.1. The first kappa shape index (κ1) is 13.1. The summed E-state index contributed by atoms with van der Waals surface area (Å²) in [5, 5.41) is 1.05. The summed E-state index contributed by atoms with van der Waals surface area (Å²) >= 11 is 1.42. The van der Waals surface area contributed by atoms with Crippen molar-refractivity contribution in [1.29, 1.82) is 0 Å². The number of nitrogens with zero attached hydrogens (tertiary/aromatic N) is 2. The summed E-state index contributed by atoms with van der Waals surface area (Å²) in [6, 6.07) is 0. The van der Waals surface area contributed by atoms with Crippen LogP contribution in [0.4, 0.5) is 10.8 Å². The van der Waals surface area contributed by atoms with Crippen molar-refractivity contribution in [2.75, 3.05) is 23.7 Å². The molecule has 5 heteroatoms. The maximum atomic E-state index is 5.83. The standard InChI is InChI=1S/C11H21N3OS/c1-5-7-14(6-2)11-9(15-8(3)4)10(12)13-16-11/h8H,5-7H2,1-4H3,(H2,12,13). The summed E-state index contributed by atoms with van der Waals surface area (Å²) in [6.07, 6.45) is 1.23. The van der Waals surface area contributed by atoms with Crippen molar-refractivity contribution in [3.8, 4) is 5.75 Å². The van der Waals surface area contributed by atoms with E-state index in [1.54, 1.807) is 0 Å². The average molecular weight is 243 g/mol. The van der Waals surface area contributed by atoms with Gasteiger partial charge in [0.2, 0.25) is 0 Å². The van der Waals surface area contributed by atoms with E-state index in [-0.39, 0.29) is 6.10 Å². The molecule has 0 amide bonds. The molecule has 0 aliphatic heterocycles. The van der Waals surface area contributed by atoms with Crippen LogP contribution in [-0.2, 0) is 0 Å². The Balaban J connectivity index is 2.93. The van der Waals surface area contributed by atoms with Crippen LogP contribution < -0.4 is 15.4 Å². The van der Waals surface area contributed by atoms with Crippen molar-refractivity contribution >= 4 is 22.4 Å². The van der Waals surface area contributed by atoms with Crippen molar-refractivity contribution in [3.63, 3.8) is 0 Å². The average Bonchev–Trinajstić information content (AvgIpc) is 2.57. The second-order valence-corrected chi connectivity index (χ2v) is 4.70. The van der Waals surface area contributed by atoms with Gasteiger partial charge in [-0.2, -0.15) is 4.37 Å². The van der Waals surface area contributed by atoms with Gasteiger partial charge in [0.05, 0.1) is 6.10 Å². The number of ether oxygens (including phenoxy) is 1. The summed E-state index contributed by atoms with van der Waals surface area (Å²) in [5.41, 5.74) is 5.83. The number of nitrogen functional groups attached to an aromatic ring is 1. The summed E-state index contributed by atoms with van der Waals surface area (Å²) in [7, 11) is 0. The molecule has 0 bridgehead atoms. The van der Waals surface area contributed by atoms with Gasteiger partial charge in [-0.25, -0.2) is 0 Å². The van der Waals surface area contributed by atoms with Crippen LogP contribution in [-0.4, -0.2) is 23.6 Å². The van der Waals surface area contributed by atoms with E-state index in [0.29, 0.717) is 5.82 Å². The van der Waals surface area contributed by atoms with E-state index in [1.165, 1.54) is 11.5 Å². The smallest absolute Gasteiger partial charge is 0.198 e. The SMILES string of the molecule is CCCN(CC)c1snc(N)c1OC(C)C. The first-order valence-corrected chi connectivity index (χ1v) is 6.54. The highest BCUT2D eigenvalue weighted by Gasteiger charge is 2.18. The van der Waals surface area contributed by atoms with Crippen molar-refractivity contribution in [2.24, 2.45) is 0 Å². The fraction of sp³-hybridized carbons (Fsp3) is 0.727. The predicted molar refractivity (Wildman–Crippen MR) is 70.5 cm³/mol. The molecular formula is C11H21N3OS. The third-order valence-electron chi connectivity index (χ3n) is 2.17. The third kappa shape index (κ3) is 3.01. The lowest BCUT2D eigenvalue weighted by atomic mass is 10.4. The normalized spacial score (nSPS) is 10.8. The van der Waals surface area contributed by atoms with Gasteiger partial charge in [-0.3, -0.25) is 0 Å². The highest BCUT2D eigenvalue weighted by molar-refractivity contribution is 7.11. The van der Waals surface area contributed by atoms with E-state index in [4.69, 9.17) is 10.5 Å². The molecule has 0 atom stereocenters. The molecule has 2 N–H and O–H groups in total. The minimum atomic E-state index is 0.123. The fourth-order valence-corrected chi connectivity index (χ4v) is 2.35. The van der Waals surface area contributed by atoms with E-state index >= 15 is 0 Å². The zero-order valence-corrected chi connectivity index (χ0v) is 11.3. The molecule has 0 aliphatic carbocycles. The minimum Gasteiger partial charge on any atom is -0.484 e. The van der Waals surface area contributed by atoms with E-state index in [1.807, 2.05) is 13.8 Å². The van der Waals surface area contributed by atoms with Crippen LogP contribution in [0, 0.1) is 0 Å². The number of hydrogen-bond donors (Lipinski definition) is 1. The lowest BCUT2D eigenvalue weighted by Gasteiger charge is -2.22. The number of anilines is 2. The Hall–Kier alpha value is -0.970. The first-order valence-electron chi connectivity index (χ1n) is 5.76. The summed E-state index contributed by atoms with van der Waals surface area (Å²) in [5.74, 6) is 1.25.